The van der Waals surface area contributed by atoms with Gasteiger partial charge in [-0.05, 0) is 154 Å². The summed E-state index contributed by atoms with van der Waals surface area (Å²) in [5.41, 5.74) is 23.3. The van der Waals surface area contributed by atoms with Crippen LogP contribution in [0.3, 0.4) is 0 Å². The molecule has 0 saturated heterocycles. The minimum absolute atomic E-state index is 0.0799. The summed E-state index contributed by atoms with van der Waals surface area (Å²) < 4.78 is 4.09. The zero-order valence-corrected chi connectivity index (χ0v) is 33.7. The highest BCUT2D eigenvalue weighted by Crippen LogP contribution is 2.58. The Hall–Kier alpha value is -5.18. The van der Waals surface area contributed by atoms with Gasteiger partial charge >= 0.3 is 0 Å². The molecular formula is C54H47NS. The highest BCUT2D eigenvalue weighted by Gasteiger charge is 2.45. The van der Waals surface area contributed by atoms with Crippen LogP contribution in [0.15, 0.2) is 137 Å². The van der Waals surface area contributed by atoms with Gasteiger partial charge in [-0.25, -0.2) is 0 Å². The molecule has 6 aromatic rings. The summed E-state index contributed by atoms with van der Waals surface area (Å²) in [6.07, 6.45) is 25.0. The van der Waals surface area contributed by atoms with Crippen LogP contribution < -0.4 is 0 Å². The fraction of sp³-hybridized carbons (Fsp3) is 0.259. The van der Waals surface area contributed by atoms with Crippen molar-refractivity contribution < 1.29 is 0 Å². The van der Waals surface area contributed by atoms with E-state index >= 15 is 0 Å². The van der Waals surface area contributed by atoms with E-state index in [9.17, 15) is 0 Å². The Morgan fingerprint density at radius 1 is 0.714 bits per heavy atom. The second-order valence-electron chi connectivity index (χ2n) is 18.2. The number of hydrogen-bond acceptors (Lipinski definition) is 1. The predicted molar refractivity (Wildman–Crippen MR) is 239 cm³/mol. The number of allylic oxidation sites excluding steroid dienone is 10. The number of hydrogen-bond donors (Lipinski definition) is 0. The van der Waals surface area contributed by atoms with Crippen molar-refractivity contribution in [1.82, 2.24) is 4.57 Å². The highest BCUT2D eigenvalue weighted by molar-refractivity contribution is 7.20. The van der Waals surface area contributed by atoms with Crippen molar-refractivity contribution in [3.8, 4) is 27.9 Å². The van der Waals surface area contributed by atoms with Crippen LogP contribution in [0.2, 0.25) is 0 Å². The molecule has 2 aromatic heterocycles. The van der Waals surface area contributed by atoms with Crippen molar-refractivity contribution in [2.45, 2.75) is 78.1 Å². The Balaban J connectivity index is 1.01. The lowest BCUT2D eigenvalue weighted by molar-refractivity contribution is 0.317. The maximum Gasteiger partial charge on any atom is 0.0538 e. The number of benzene rings is 4. The zero-order chi connectivity index (χ0) is 37.5. The van der Waals surface area contributed by atoms with Gasteiger partial charge in [0.15, 0.2) is 0 Å². The molecule has 6 aliphatic carbocycles. The maximum atomic E-state index is 2.62. The van der Waals surface area contributed by atoms with Crippen molar-refractivity contribution in [1.29, 1.82) is 0 Å². The fourth-order valence-electron chi connectivity index (χ4n) is 11.7. The van der Waals surface area contributed by atoms with Gasteiger partial charge in [0, 0.05) is 42.9 Å². The van der Waals surface area contributed by atoms with Crippen LogP contribution >= 0.6 is 11.3 Å². The molecule has 4 aromatic carbocycles. The largest absolute Gasteiger partial charge is 0.313 e. The summed E-state index contributed by atoms with van der Waals surface area (Å²) in [4.78, 5) is 1.45. The van der Waals surface area contributed by atoms with Gasteiger partial charge in [0.05, 0.1) is 5.52 Å². The third-order valence-electron chi connectivity index (χ3n) is 14.7. The van der Waals surface area contributed by atoms with E-state index in [1.807, 2.05) is 11.3 Å². The minimum atomic E-state index is -0.0799. The molecule has 1 nitrogen and oxygen atoms in total. The second-order valence-corrected chi connectivity index (χ2v) is 19.2. The first-order chi connectivity index (χ1) is 27.3. The summed E-state index contributed by atoms with van der Waals surface area (Å²) in [5, 5.41) is 2.82. The second kappa shape index (κ2) is 11.7. The lowest BCUT2D eigenvalue weighted by Gasteiger charge is -2.34. The van der Waals surface area contributed by atoms with Crippen LogP contribution in [0.5, 0.6) is 0 Å². The molecule has 0 radical (unpaired) electrons. The van der Waals surface area contributed by atoms with E-state index in [-0.39, 0.29) is 10.8 Å². The Morgan fingerprint density at radius 2 is 1.57 bits per heavy atom. The highest BCUT2D eigenvalue weighted by atomic mass is 32.1. The number of rotatable bonds is 3. The monoisotopic (exact) mass is 741 g/mol. The molecule has 2 heteroatoms. The van der Waals surface area contributed by atoms with Crippen molar-refractivity contribution in [3.05, 3.63) is 170 Å². The summed E-state index contributed by atoms with van der Waals surface area (Å²) >= 11 is 2.00. The Kier molecular flexibility index (Phi) is 6.88. The number of thiophene rings is 1. The van der Waals surface area contributed by atoms with Gasteiger partial charge in [-0.15, -0.1) is 11.3 Å². The Bertz CT molecular complexity index is 2920. The van der Waals surface area contributed by atoms with E-state index in [0.717, 1.165) is 32.1 Å². The smallest absolute Gasteiger partial charge is 0.0538 e. The molecule has 0 spiro atoms. The van der Waals surface area contributed by atoms with Gasteiger partial charge in [-0.1, -0.05) is 118 Å². The zero-order valence-electron chi connectivity index (χ0n) is 32.9. The van der Waals surface area contributed by atoms with Crippen molar-refractivity contribution in [2.24, 2.45) is 11.3 Å². The molecule has 0 N–H and O–H groups in total. The summed E-state index contributed by atoms with van der Waals surface area (Å²) in [5.74, 6) is 0.555. The van der Waals surface area contributed by atoms with E-state index in [0.29, 0.717) is 5.92 Å². The molecule has 0 bridgehead atoms. The molecule has 12 rings (SSSR count). The molecule has 0 saturated carbocycles. The van der Waals surface area contributed by atoms with Crippen molar-refractivity contribution in [2.75, 3.05) is 0 Å². The van der Waals surface area contributed by atoms with E-state index in [1.54, 1.807) is 16.7 Å². The first-order valence-electron chi connectivity index (χ1n) is 20.9. The summed E-state index contributed by atoms with van der Waals surface area (Å²) in [6.45, 7) is 9.89. The molecular weight excluding hydrogens is 695 g/mol. The minimum Gasteiger partial charge on any atom is -0.313 e. The number of aryl methyl sites for hydroxylation is 1. The molecule has 0 amide bonds. The van der Waals surface area contributed by atoms with E-state index in [1.165, 1.54) is 106 Å². The van der Waals surface area contributed by atoms with E-state index < -0.39 is 0 Å². The third kappa shape index (κ3) is 4.48. The maximum absolute atomic E-state index is 2.62. The first kappa shape index (κ1) is 33.0. The van der Waals surface area contributed by atoms with Gasteiger partial charge in [0.1, 0.15) is 0 Å². The molecule has 274 valence electrons. The van der Waals surface area contributed by atoms with Gasteiger partial charge in [0.25, 0.3) is 0 Å². The number of aromatic nitrogens is 1. The Labute approximate surface area is 334 Å². The lowest BCUT2D eigenvalue weighted by atomic mass is 9.69. The van der Waals surface area contributed by atoms with Crippen LogP contribution in [0.25, 0.3) is 61.1 Å². The molecule has 1 atom stereocenters. The molecule has 0 aliphatic heterocycles. The van der Waals surface area contributed by atoms with Crippen LogP contribution in [0.4, 0.5) is 0 Å². The van der Waals surface area contributed by atoms with Gasteiger partial charge < -0.3 is 4.57 Å². The Morgan fingerprint density at radius 3 is 2.46 bits per heavy atom. The normalized spacial score (nSPS) is 20.9. The van der Waals surface area contributed by atoms with Crippen LogP contribution in [0, 0.1) is 11.3 Å². The van der Waals surface area contributed by atoms with Crippen molar-refractivity contribution >= 4 is 44.5 Å². The van der Waals surface area contributed by atoms with Crippen LogP contribution in [0.1, 0.15) is 92.6 Å². The molecule has 0 fully saturated rings. The van der Waals surface area contributed by atoms with Crippen LogP contribution in [-0.4, -0.2) is 4.57 Å². The molecule has 1 unspecified atom stereocenters. The van der Waals surface area contributed by atoms with Gasteiger partial charge in [-0.2, -0.15) is 0 Å². The average molecular weight is 742 g/mol. The topological polar surface area (TPSA) is 4.93 Å². The van der Waals surface area contributed by atoms with Gasteiger partial charge in [0.2, 0.25) is 0 Å². The summed E-state index contributed by atoms with van der Waals surface area (Å²) in [7, 11) is 0. The third-order valence-corrected chi connectivity index (χ3v) is 15.9. The fourth-order valence-corrected chi connectivity index (χ4v) is 13.0. The van der Waals surface area contributed by atoms with Crippen LogP contribution in [-0.2, 0) is 18.3 Å². The van der Waals surface area contributed by atoms with Gasteiger partial charge in [-0.3, -0.25) is 0 Å². The predicted octanol–water partition coefficient (Wildman–Crippen LogP) is 14.7. The number of fused-ring (bicyclic) bond motifs is 12. The quantitative estimate of drug-likeness (QED) is 0.170. The SMILES string of the molecule is CC1(C)c2cc(-n3c4c(c5cc(-c6ccccc6)ccc53)C=C(C3=CC=C5C6=C(CCC=C6)C(C)(C)C5C3)CC4)ccc2-c2c1ccc1c3c(sc21)C=CCC3. The van der Waals surface area contributed by atoms with E-state index in [2.05, 4.69) is 154 Å². The first-order valence-corrected chi connectivity index (χ1v) is 21.7. The standard InChI is InChI=1S/C54H47NS/c1-53(2)44-16-10-8-14-37(44)38-22-18-35(30-46(38)53)34-20-27-49-43(29-34)42-28-33(32-12-6-5-7-13-32)19-26-48(42)55(49)36-21-23-41-47(31-36)54(3,4)45-25-24-40-39-15-9-11-17-50(39)56-52(40)51(41)45/h5-8,11-14,17-19,21-26,28-29,31,46H,9-10,15-16,20,27,30H2,1-4H3. The van der Waals surface area contributed by atoms with E-state index in [4.69, 9.17) is 0 Å². The molecule has 6 aliphatic rings. The summed E-state index contributed by atoms with van der Waals surface area (Å²) in [6, 6.07) is 30.4. The molecule has 2 heterocycles. The molecule has 56 heavy (non-hydrogen) atoms. The number of nitrogens with zero attached hydrogens (tertiary/aromatic N) is 1. The lowest BCUT2D eigenvalue weighted by Crippen LogP contribution is -2.24. The average Bonchev–Trinajstić information content (AvgIpc) is 3.91. The van der Waals surface area contributed by atoms with Crippen molar-refractivity contribution in [3.63, 3.8) is 0 Å².